The molecule has 2 aromatic rings. The van der Waals surface area contributed by atoms with Crippen LogP contribution >= 0.6 is 0 Å². The Balaban J connectivity index is 1.47. The number of halogens is 1. The zero-order chi connectivity index (χ0) is 17.6. The Morgan fingerprint density at radius 1 is 1.40 bits per heavy atom. The Bertz CT molecular complexity index is 701. The average Bonchev–Trinajstić information content (AvgIpc) is 3.11. The number of carbonyl (C=O) groups is 1. The minimum absolute atomic E-state index is 0.179. The van der Waals surface area contributed by atoms with E-state index in [4.69, 9.17) is 4.52 Å². The van der Waals surface area contributed by atoms with Gasteiger partial charge in [-0.25, -0.2) is 4.39 Å². The first-order valence-electron chi connectivity index (χ1n) is 8.69. The predicted molar refractivity (Wildman–Crippen MR) is 91.3 cm³/mol. The highest BCUT2D eigenvalue weighted by atomic mass is 19.1. The molecule has 1 amide bonds. The molecule has 0 radical (unpaired) electrons. The standard InChI is InChI=1S/C18H23FN4O2/c1-20-15-4-3-11-23(12-15)17(24)6-2-5-16-21-18(22-25-16)13-7-9-14(19)10-8-13/h7-10,15,20H,2-6,11-12H2,1H3. The summed E-state index contributed by atoms with van der Waals surface area (Å²) in [6.07, 6.45) is 3.87. The number of aryl methyl sites for hydroxylation is 1. The van der Waals surface area contributed by atoms with Crippen molar-refractivity contribution in [2.24, 2.45) is 0 Å². The molecule has 7 heteroatoms. The highest BCUT2D eigenvalue weighted by Crippen LogP contribution is 2.17. The minimum atomic E-state index is -0.302. The molecular weight excluding hydrogens is 323 g/mol. The molecule has 1 aliphatic rings. The summed E-state index contributed by atoms with van der Waals surface area (Å²) >= 11 is 0. The summed E-state index contributed by atoms with van der Waals surface area (Å²) in [4.78, 5) is 18.5. The van der Waals surface area contributed by atoms with Gasteiger partial charge in [-0.15, -0.1) is 0 Å². The summed E-state index contributed by atoms with van der Waals surface area (Å²) < 4.78 is 18.2. The van der Waals surface area contributed by atoms with Gasteiger partial charge < -0.3 is 14.7 Å². The van der Waals surface area contributed by atoms with E-state index in [1.165, 1.54) is 12.1 Å². The number of carbonyl (C=O) groups excluding carboxylic acids is 1. The third-order valence-electron chi connectivity index (χ3n) is 4.53. The predicted octanol–water partition coefficient (Wildman–Crippen LogP) is 2.41. The first-order chi connectivity index (χ1) is 12.2. The molecule has 1 saturated heterocycles. The van der Waals surface area contributed by atoms with Crippen molar-refractivity contribution in [2.45, 2.75) is 38.1 Å². The van der Waals surface area contributed by atoms with Crippen molar-refractivity contribution in [3.05, 3.63) is 36.0 Å². The molecule has 2 heterocycles. The summed E-state index contributed by atoms with van der Waals surface area (Å²) in [7, 11) is 1.94. The topological polar surface area (TPSA) is 71.3 Å². The summed E-state index contributed by atoms with van der Waals surface area (Å²) in [6, 6.07) is 6.35. The van der Waals surface area contributed by atoms with Gasteiger partial charge in [0.05, 0.1) is 0 Å². The third kappa shape index (κ3) is 4.63. The fourth-order valence-corrected chi connectivity index (χ4v) is 3.06. The van der Waals surface area contributed by atoms with E-state index in [-0.39, 0.29) is 11.7 Å². The van der Waals surface area contributed by atoms with Crippen molar-refractivity contribution in [1.29, 1.82) is 0 Å². The SMILES string of the molecule is CNC1CCCN(C(=O)CCCc2nc(-c3ccc(F)cc3)no2)C1. The molecule has 1 unspecified atom stereocenters. The van der Waals surface area contributed by atoms with E-state index in [0.29, 0.717) is 42.6 Å². The van der Waals surface area contributed by atoms with Crippen molar-refractivity contribution in [3.8, 4) is 11.4 Å². The van der Waals surface area contributed by atoms with Crippen LogP contribution in [0.4, 0.5) is 4.39 Å². The lowest BCUT2D eigenvalue weighted by Crippen LogP contribution is -2.46. The number of nitrogens with one attached hydrogen (secondary N) is 1. The van der Waals surface area contributed by atoms with E-state index in [2.05, 4.69) is 15.5 Å². The zero-order valence-corrected chi connectivity index (χ0v) is 14.4. The number of likely N-dealkylation sites (tertiary alicyclic amines) is 1. The molecule has 0 saturated carbocycles. The first-order valence-corrected chi connectivity index (χ1v) is 8.69. The summed E-state index contributed by atoms with van der Waals surface area (Å²) in [5.74, 6) is 0.815. The number of likely N-dealkylation sites (N-methyl/N-ethyl adjacent to an activating group) is 1. The molecule has 25 heavy (non-hydrogen) atoms. The largest absolute Gasteiger partial charge is 0.341 e. The molecule has 0 spiro atoms. The highest BCUT2D eigenvalue weighted by Gasteiger charge is 2.22. The Kier molecular flexibility index (Phi) is 5.75. The fraction of sp³-hybridized carbons (Fsp3) is 0.500. The van der Waals surface area contributed by atoms with Crippen molar-refractivity contribution in [2.75, 3.05) is 20.1 Å². The van der Waals surface area contributed by atoms with Gasteiger partial charge in [0, 0.05) is 37.5 Å². The van der Waals surface area contributed by atoms with Crippen LogP contribution in [0.5, 0.6) is 0 Å². The van der Waals surface area contributed by atoms with Crippen molar-refractivity contribution >= 4 is 5.91 Å². The van der Waals surface area contributed by atoms with Crippen LogP contribution < -0.4 is 5.32 Å². The second-order valence-electron chi connectivity index (χ2n) is 6.34. The van der Waals surface area contributed by atoms with Crippen molar-refractivity contribution in [1.82, 2.24) is 20.4 Å². The van der Waals surface area contributed by atoms with Crippen LogP contribution in [-0.2, 0) is 11.2 Å². The lowest BCUT2D eigenvalue weighted by Gasteiger charge is -2.32. The monoisotopic (exact) mass is 346 g/mol. The van der Waals surface area contributed by atoms with Gasteiger partial charge in [0.2, 0.25) is 17.6 Å². The molecule has 1 fully saturated rings. The van der Waals surface area contributed by atoms with Gasteiger partial charge in [-0.1, -0.05) is 5.16 Å². The van der Waals surface area contributed by atoms with Crippen LogP contribution in [0.3, 0.4) is 0 Å². The Morgan fingerprint density at radius 3 is 2.96 bits per heavy atom. The molecular formula is C18H23FN4O2. The van der Waals surface area contributed by atoms with Crippen LogP contribution in [0.1, 0.15) is 31.6 Å². The van der Waals surface area contributed by atoms with E-state index >= 15 is 0 Å². The van der Waals surface area contributed by atoms with Gasteiger partial charge in [0.25, 0.3) is 0 Å². The second-order valence-corrected chi connectivity index (χ2v) is 6.34. The minimum Gasteiger partial charge on any atom is -0.341 e. The number of amides is 1. The molecule has 0 bridgehead atoms. The second kappa shape index (κ2) is 8.20. The maximum Gasteiger partial charge on any atom is 0.226 e. The van der Waals surface area contributed by atoms with Gasteiger partial charge in [-0.3, -0.25) is 4.79 Å². The number of hydrogen-bond donors (Lipinski definition) is 1. The van der Waals surface area contributed by atoms with Gasteiger partial charge in [0.15, 0.2) is 0 Å². The highest BCUT2D eigenvalue weighted by molar-refractivity contribution is 5.76. The quantitative estimate of drug-likeness (QED) is 0.870. The van der Waals surface area contributed by atoms with E-state index in [1.807, 2.05) is 11.9 Å². The van der Waals surface area contributed by atoms with Gasteiger partial charge in [-0.05, 0) is 50.6 Å². The van der Waals surface area contributed by atoms with Gasteiger partial charge in [-0.2, -0.15) is 4.98 Å². The number of benzene rings is 1. The van der Waals surface area contributed by atoms with E-state index in [1.54, 1.807) is 12.1 Å². The summed E-state index contributed by atoms with van der Waals surface area (Å²) in [5, 5.41) is 7.15. The molecule has 3 rings (SSSR count). The average molecular weight is 346 g/mol. The summed E-state index contributed by atoms with van der Waals surface area (Å²) in [6.45, 7) is 1.62. The Hall–Kier alpha value is -2.28. The van der Waals surface area contributed by atoms with Gasteiger partial charge in [0.1, 0.15) is 5.82 Å². The van der Waals surface area contributed by atoms with Crippen molar-refractivity contribution in [3.63, 3.8) is 0 Å². The molecule has 134 valence electrons. The normalized spacial score (nSPS) is 17.7. The lowest BCUT2D eigenvalue weighted by atomic mass is 10.1. The Labute approximate surface area is 146 Å². The van der Waals surface area contributed by atoms with Crippen LogP contribution in [0.15, 0.2) is 28.8 Å². The van der Waals surface area contributed by atoms with Crippen molar-refractivity contribution < 1.29 is 13.7 Å². The Morgan fingerprint density at radius 2 is 2.20 bits per heavy atom. The van der Waals surface area contributed by atoms with Crippen LogP contribution in [0.25, 0.3) is 11.4 Å². The molecule has 1 aliphatic heterocycles. The number of hydrogen-bond acceptors (Lipinski definition) is 5. The maximum absolute atomic E-state index is 12.9. The maximum atomic E-state index is 12.9. The van der Waals surface area contributed by atoms with E-state index in [9.17, 15) is 9.18 Å². The number of rotatable bonds is 6. The van der Waals surface area contributed by atoms with Crippen LogP contribution in [-0.4, -0.2) is 47.1 Å². The molecule has 1 atom stereocenters. The fourth-order valence-electron chi connectivity index (χ4n) is 3.06. The van der Waals surface area contributed by atoms with Crippen LogP contribution in [0, 0.1) is 5.82 Å². The van der Waals surface area contributed by atoms with E-state index < -0.39 is 0 Å². The lowest BCUT2D eigenvalue weighted by molar-refractivity contribution is -0.132. The zero-order valence-electron chi connectivity index (χ0n) is 14.4. The molecule has 6 nitrogen and oxygen atoms in total. The number of nitrogens with zero attached hydrogens (tertiary/aromatic N) is 3. The molecule has 1 aromatic carbocycles. The third-order valence-corrected chi connectivity index (χ3v) is 4.53. The van der Waals surface area contributed by atoms with Gasteiger partial charge >= 0.3 is 0 Å². The first kappa shape index (κ1) is 17.5. The number of aromatic nitrogens is 2. The smallest absolute Gasteiger partial charge is 0.226 e. The molecule has 1 aromatic heterocycles. The molecule has 1 N–H and O–H groups in total. The number of piperidine rings is 1. The van der Waals surface area contributed by atoms with E-state index in [0.717, 1.165) is 25.9 Å². The van der Waals surface area contributed by atoms with Crippen LogP contribution in [0.2, 0.25) is 0 Å². The summed E-state index contributed by atoms with van der Waals surface area (Å²) in [5.41, 5.74) is 0.707. The molecule has 0 aliphatic carbocycles.